The van der Waals surface area contributed by atoms with E-state index in [2.05, 4.69) is 16.1 Å². The lowest BCUT2D eigenvalue weighted by molar-refractivity contribution is 0.320. The summed E-state index contributed by atoms with van der Waals surface area (Å²) >= 11 is 0. The van der Waals surface area contributed by atoms with Gasteiger partial charge in [-0.2, -0.15) is 0 Å². The molecule has 0 heterocycles. The van der Waals surface area contributed by atoms with Crippen LogP contribution in [-0.2, 0) is 0 Å². The van der Waals surface area contributed by atoms with Crippen molar-refractivity contribution in [3.8, 4) is 0 Å². The standard InChI is InChI=1S/C11H19N3O/c1-9(8-15)2-3-10-4-6-11(7-5-10)13-14-12/h2,10-11,15H,3-8H2,1H3/b9-2+/t10-,11+. The number of aliphatic hydroxyl groups excluding tert-OH is 1. The first-order chi connectivity index (χ1) is 7.26. The molecule has 0 unspecified atom stereocenters. The molecule has 15 heavy (non-hydrogen) atoms. The molecule has 0 atom stereocenters. The fourth-order valence-corrected chi connectivity index (χ4v) is 2.00. The van der Waals surface area contributed by atoms with Crippen LogP contribution in [0.1, 0.15) is 39.0 Å². The van der Waals surface area contributed by atoms with Crippen molar-refractivity contribution in [2.75, 3.05) is 6.61 Å². The summed E-state index contributed by atoms with van der Waals surface area (Å²) in [6.45, 7) is 2.11. The highest BCUT2D eigenvalue weighted by molar-refractivity contribution is 4.98. The largest absolute Gasteiger partial charge is 0.392 e. The second kappa shape index (κ2) is 6.49. The number of aliphatic hydroxyl groups is 1. The third kappa shape index (κ3) is 4.36. The predicted octanol–water partition coefficient (Wildman–Crippen LogP) is 3.18. The minimum Gasteiger partial charge on any atom is -0.392 e. The zero-order chi connectivity index (χ0) is 11.1. The van der Waals surface area contributed by atoms with Crippen LogP contribution in [0.15, 0.2) is 16.8 Å². The molecular weight excluding hydrogens is 190 g/mol. The van der Waals surface area contributed by atoms with Gasteiger partial charge >= 0.3 is 0 Å². The van der Waals surface area contributed by atoms with Crippen molar-refractivity contribution < 1.29 is 5.11 Å². The van der Waals surface area contributed by atoms with E-state index in [9.17, 15) is 0 Å². The molecule has 1 aliphatic carbocycles. The summed E-state index contributed by atoms with van der Waals surface area (Å²) in [6.07, 6.45) is 7.48. The third-order valence-corrected chi connectivity index (χ3v) is 3.08. The summed E-state index contributed by atoms with van der Waals surface area (Å²) < 4.78 is 0. The maximum Gasteiger partial charge on any atom is 0.0639 e. The number of hydrogen-bond donors (Lipinski definition) is 1. The van der Waals surface area contributed by atoms with Crippen LogP contribution in [0, 0.1) is 5.92 Å². The molecule has 84 valence electrons. The maximum absolute atomic E-state index is 8.85. The molecule has 1 saturated carbocycles. The number of rotatable bonds is 4. The monoisotopic (exact) mass is 209 g/mol. The van der Waals surface area contributed by atoms with E-state index >= 15 is 0 Å². The lowest BCUT2D eigenvalue weighted by Gasteiger charge is -2.24. The second-order valence-electron chi connectivity index (χ2n) is 4.32. The van der Waals surface area contributed by atoms with Crippen molar-refractivity contribution >= 4 is 0 Å². The second-order valence-corrected chi connectivity index (χ2v) is 4.32. The smallest absolute Gasteiger partial charge is 0.0639 e. The number of allylic oxidation sites excluding steroid dienone is 1. The van der Waals surface area contributed by atoms with Crippen molar-refractivity contribution in [3.05, 3.63) is 22.1 Å². The Labute approximate surface area is 90.6 Å². The number of hydrogen-bond acceptors (Lipinski definition) is 2. The van der Waals surface area contributed by atoms with E-state index in [4.69, 9.17) is 10.6 Å². The van der Waals surface area contributed by atoms with Crippen molar-refractivity contribution in [2.45, 2.75) is 45.1 Å². The van der Waals surface area contributed by atoms with Crippen LogP contribution in [0.3, 0.4) is 0 Å². The summed E-state index contributed by atoms with van der Waals surface area (Å²) in [5.74, 6) is 0.705. The highest BCUT2D eigenvalue weighted by Crippen LogP contribution is 2.29. The molecule has 4 nitrogen and oxygen atoms in total. The molecule has 1 aliphatic rings. The van der Waals surface area contributed by atoms with Crippen LogP contribution in [-0.4, -0.2) is 17.8 Å². The molecule has 0 aromatic heterocycles. The molecule has 0 radical (unpaired) electrons. The Kier molecular flexibility index (Phi) is 5.22. The molecule has 0 aromatic rings. The van der Waals surface area contributed by atoms with E-state index in [1.807, 2.05) is 6.92 Å². The van der Waals surface area contributed by atoms with E-state index in [-0.39, 0.29) is 12.6 Å². The topological polar surface area (TPSA) is 69.0 Å². The zero-order valence-electron chi connectivity index (χ0n) is 9.26. The Balaban J connectivity index is 2.28. The van der Waals surface area contributed by atoms with Gasteiger partial charge in [0.2, 0.25) is 0 Å². The van der Waals surface area contributed by atoms with E-state index < -0.39 is 0 Å². The first-order valence-electron chi connectivity index (χ1n) is 5.57. The molecule has 1 fully saturated rings. The van der Waals surface area contributed by atoms with Crippen molar-refractivity contribution in [1.29, 1.82) is 0 Å². The zero-order valence-corrected chi connectivity index (χ0v) is 9.26. The maximum atomic E-state index is 8.85. The summed E-state index contributed by atoms with van der Waals surface area (Å²) in [5.41, 5.74) is 9.36. The highest BCUT2D eigenvalue weighted by atomic mass is 16.3. The first kappa shape index (κ1) is 12.1. The number of nitrogens with zero attached hydrogens (tertiary/aromatic N) is 3. The van der Waals surface area contributed by atoms with Crippen LogP contribution in [0.25, 0.3) is 10.4 Å². The van der Waals surface area contributed by atoms with Gasteiger partial charge in [0.1, 0.15) is 0 Å². The molecule has 4 heteroatoms. The van der Waals surface area contributed by atoms with Gasteiger partial charge in [0, 0.05) is 11.0 Å². The highest BCUT2D eigenvalue weighted by Gasteiger charge is 2.19. The quantitative estimate of drug-likeness (QED) is 0.328. The van der Waals surface area contributed by atoms with Gasteiger partial charge in [0.15, 0.2) is 0 Å². The normalized spacial score (nSPS) is 27.2. The summed E-state index contributed by atoms with van der Waals surface area (Å²) in [6, 6.07) is 0.217. The third-order valence-electron chi connectivity index (χ3n) is 3.08. The summed E-state index contributed by atoms with van der Waals surface area (Å²) in [5, 5.41) is 12.6. The van der Waals surface area contributed by atoms with Gasteiger partial charge in [0.05, 0.1) is 6.61 Å². The lowest BCUT2D eigenvalue weighted by Crippen LogP contribution is -2.16. The molecule has 0 aliphatic heterocycles. The van der Waals surface area contributed by atoms with Crippen molar-refractivity contribution in [2.24, 2.45) is 11.0 Å². The molecule has 0 saturated heterocycles. The summed E-state index contributed by atoms with van der Waals surface area (Å²) in [7, 11) is 0. The SMILES string of the molecule is C/C(=C\C[C@H]1CC[C@@H](N=[N+]=[N-])CC1)CO. The molecule has 0 amide bonds. The summed E-state index contributed by atoms with van der Waals surface area (Å²) in [4.78, 5) is 2.85. The van der Waals surface area contributed by atoms with Gasteiger partial charge in [0.25, 0.3) is 0 Å². The van der Waals surface area contributed by atoms with Gasteiger partial charge in [-0.3, -0.25) is 0 Å². The fraction of sp³-hybridized carbons (Fsp3) is 0.818. The van der Waals surface area contributed by atoms with Gasteiger partial charge in [-0.15, -0.1) is 0 Å². The minimum absolute atomic E-state index is 0.161. The molecule has 1 rings (SSSR count). The van der Waals surface area contributed by atoms with Crippen LogP contribution in [0.2, 0.25) is 0 Å². The Hall–Kier alpha value is -0.990. The van der Waals surface area contributed by atoms with Crippen LogP contribution < -0.4 is 0 Å². The van der Waals surface area contributed by atoms with Gasteiger partial charge in [-0.25, -0.2) is 0 Å². The van der Waals surface area contributed by atoms with Crippen molar-refractivity contribution in [1.82, 2.24) is 0 Å². The average Bonchev–Trinajstić information content (AvgIpc) is 2.28. The molecular formula is C11H19N3O. The lowest BCUT2D eigenvalue weighted by atomic mass is 9.84. The fourth-order valence-electron chi connectivity index (χ4n) is 2.00. The number of azide groups is 1. The van der Waals surface area contributed by atoms with Crippen molar-refractivity contribution in [3.63, 3.8) is 0 Å². The van der Waals surface area contributed by atoms with Gasteiger partial charge in [-0.1, -0.05) is 16.8 Å². The average molecular weight is 209 g/mol. The van der Waals surface area contributed by atoms with Crippen LogP contribution in [0.4, 0.5) is 0 Å². The van der Waals surface area contributed by atoms with Gasteiger partial charge < -0.3 is 5.11 Å². The predicted molar refractivity (Wildman–Crippen MR) is 60.4 cm³/mol. The Bertz CT molecular complexity index is 261. The Morgan fingerprint density at radius 2 is 2.13 bits per heavy atom. The minimum atomic E-state index is 0.161. The molecule has 0 bridgehead atoms. The first-order valence-corrected chi connectivity index (χ1v) is 5.57. The van der Waals surface area contributed by atoms with Crippen LogP contribution >= 0.6 is 0 Å². The Morgan fingerprint density at radius 1 is 1.47 bits per heavy atom. The van der Waals surface area contributed by atoms with E-state index in [1.54, 1.807) is 0 Å². The Morgan fingerprint density at radius 3 is 2.67 bits per heavy atom. The molecule has 0 spiro atoms. The molecule has 0 aromatic carbocycles. The molecule has 1 N–H and O–H groups in total. The van der Waals surface area contributed by atoms with Crippen LogP contribution in [0.5, 0.6) is 0 Å². The van der Waals surface area contributed by atoms with Gasteiger partial charge in [-0.05, 0) is 50.5 Å². The van der Waals surface area contributed by atoms with E-state index in [0.29, 0.717) is 5.92 Å². The van der Waals surface area contributed by atoms with E-state index in [0.717, 1.165) is 37.7 Å². The van der Waals surface area contributed by atoms with E-state index in [1.165, 1.54) is 0 Å².